The number of hydrogen-bond acceptors (Lipinski definition) is 3. The number of amides is 1. The topological polar surface area (TPSA) is 69.6 Å². The molecule has 2 rings (SSSR count). The molecule has 2 aromatic rings. The first-order chi connectivity index (χ1) is 12.4. The van der Waals surface area contributed by atoms with E-state index in [9.17, 15) is 9.59 Å². The Balaban J connectivity index is 2.21. The lowest BCUT2D eigenvalue weighted by Crippen LogP contribution is -2.44. The second-order valence-electron chi connectivity index (χ2n) is 6.36. The standard InChI is InChI=1S/C20H23ClN2O3/c1-14(2)23(13-19(25)26)12-18(24)22-20(15-7-4-3-5-8-15)16-9-6-10-17(21)11-16/h3-11,14,20H,12-13H2,1-2H3,(H,22,24)(H,25,26). The molecule has 1 atom stereocenters. The van der Waals surface area contributed by atoms with Gasteiger partial charge in [0.05, 0.1) is 19.1 Å². The van der Waals surface area contributed by atoms with Crippen LogP contribution in [0, 0.1) is 0 Å². The van der Waals surface area contributed by atoms with E-state index in [2.05, 4.69) is 5.32 Å². The summed E-state index contributed by atoms with van der Waals surface area (Å²) in [6.07, 6.45) is 0. The van der Waals surface area contributed by atoms with Gasteiger partial charge in [-0.1, -0.05) is 54.1 Å². The normalized spacial score (nSPS) is 12.2. The number of nitrogens with one attached hydrogen (secondary N) is 1. The Morgan fingerprint density at radius 2 is 1.69 bits per heavy atom. The monoisotopic (exact) mass is 374 g/mol. The molecular formula is C20H23ClN2O3. The quantitative estimate of drug-likeness (QED) is 0.743. The van der Waals surface area contributed by atoms with Gasteiger partial charge < -0.3 is 10.4 Å². The molecule has 0 aliphatic heterocycles. The summed E-state index contributed by atoms with van der Waals surface area (Å²) in [6.45, 7) is 3.55. The maximum Gasteiger partial charge on any atom is 0.317 e. The van der Waals surface area contributed by atoms with Crippen molar-refractivity contribution in [2.75, 3.05) is 13.1 Å². The van der Waals surface area contributed by atoms with Gasteiger partial charge in [0, 0.05) is 11.1 Å². The van der Waals surface area contributed by atoms with Crippen molar-refractivity contribution in [3.05, 3.63) is 70.7 Å². The maximum atomic E-state index is 12.6. The minimum atomic E-state index is -0.957. The lowest BCUT2D eigenvalue weighted by molar-refractivity contribution is -0.139. The summed E-state index contributed by atoms with van der Waals surface area (Å²) in [5, 5.41) is 12.6. The zero-order valence-corrected chi connectivity index (χ0v) is 15.6. The van der Waals surface area contributed by atoms with Gasteiger partial charge in [-0.15, -0.1) is 0 Å². The van der Waals surface area contributed by atoms with E-state index >= 15 is 0 Å². The molecule has 5 nitrogen and oxygen atoms in total. The predicted molar refractivity (Wildman–Crippen MR) is 102 cm³/mol. The Hall–Kier alpha value is -2.37. The van der Waals surface area contributed by atoms with E-state index < -0.39 is 5.97 Å². The van der Waals surface area contributed by atoms with Crippen LogP contribution in [0.4, 0.5) is 0 Å². The molecule has 0 heterocycles. The molecule has 0 spiro atoms. The van der Waals surface area contributed by atoms with Crippen molar-refractivity contribution in [2.45, 2.75) is 25.9 Å². The molecule has 0 aliphatic rings. The van der Waals surface area contributed by atoms with Crippen LogP contribution in [0.15, 0.2) is 54.6 Å². The fourth-order valence-corrected chi connectivity index (χ4v) is 2.88. The smallest absolute Gasteiger partial charge is 0.317 e. The lowest BCUT2D eigenvalue weighted by Gasteiger charge is -2.26. The van der Waals surface area contributed by atoms with E-state index in [-0.39, 0.29) is 31.1 Å². The number of benzene rings is 2. The summed E-state index contributed by atoms with van der Waals surface area (Å²) in [4.78, 5) is 25.2. The van der Waals surface area contributed by atoms with Gasteiger partial charge >= 0.3 is 5.97 Å². The summed E-state index contributed by atoms with van der Waals surface area (Å²) >= 11 is 6.11. The van der Waals surface area contributed by atoms with E-state index in [1.807, 2.05) is 62.4 Å². The van der Waals surface area contributed by atoms with Crippen LogP contribution in [-0.2, 0) is 9.59 Å². The van der Waals surface area contributed by atoms with Crippen molar-refractivity contribution in [1.82, 2.24) is 10.2 Å². The number of aliphatic carboxylic acids is 1. The fourth-order valence-electron chi connectivity index (χ4n) is 2.68. The second kappa shape index (κ2) is 9.36. The van der Waals surface area contributed by atoms with Crippen LogP contribution in [0.1, 0.15) is 31.0 Å². The van der Waals surface area contributed by atoms with E-state index in [0.29, 0.717) is 5.02 Å². The Morgan fingerprint density at radius 1 is 1.04 bits per heavy atom. The average Bonchev–Trinajstić information content (AvgIpc) is 2.59. The minimum Gasteiger partial charge on any atom is -0.480 e. The van der Waals surface area contributed by atoms with Gasteiger partial charge in [0.25, 0.3) is 0 Å². The number of carboxylic acids is 1. The average molecular weight is 375 g/mol. The summed E-state index contributed by atoms with van der Waals surface area (Å²) < 4.78 is 0. The molecule has 6 heteroatoms. The predicted octanol–water partition coefficient (Wildman–Crippen LogP) is 3.34. The Bertz CT molecular complexity index is 750. The summed E-state index contributed by atoms with van der Waals surface area (Å²) in [5.74, 6) is -1.20. The number of carbonyl (C=O) groups excluding carboxylic acids is 1. The molecule has 0 saturated heterocycles. The second-order valence-corrected chi connectivity index (χ2v) is 6.80. The summed E-state index contributed by atoms with van der Waals surface area (Å²) in [6, 6.07) is 16.5. The SMILES string of the molecule is CC(C)N(CC(=O)O)CC(=O)NC(c1ccccc1)c1cccc(Cl)c1. The van der Waals surface area contributed by atoms with Gasteiger partial charge in [0.1, 0.15) is 0 Å². The largest absolute Gasteiger partial charge is 0.480 e. The summed E-state index contributed by atoms with van der Waals surface area (Å²) in [7, 11) is 0. The van der Waals surface area contributed by atoms with E-state index in [0.717, 1.165) is 11.1 Å². The molecule has 26 heavy (non-hydrogen) atoms. The van der Waals surface area contributed by atoms with Gasteiger partial charge in [-0.25, -0.2) is 0 Å². The number of rotatable bonds is 8. The highest BCUT2D eigenvalue weighted by Crippen LogP contribution is 2.24. The van der Waals surface area contributed by atoms with Gasteiger partial charge in [0.2, 0.25) is 5.91 Å². The fraction of sp³-hybridized carbons (Fsp3) is 0.300. The van der Waals surface area contributed by atoms with E-state index in [1.54, 1.807) is 11.0 Å². The van der Waals surface area contributed by atoms with Crippen LogP contribution >= 0.6 is 11.6 Å². The van der Waals surface area contributed by atoms with Crippen molar-refractivity contribution in [3.63, 3.8) is 0 Å². The first kappa shape index (κ1) is 19.9. The van der Waals surface area contributed by atoms with Gasteiger partial charge in [-0.3, -0.25) is 14.5 Å². The van der Waals surface area contributed by atoms with Crippen LogP contribution in [-0.4, -0.2) is 41.0 Å². The van der Waals surface area contributed by atoms with Crippen molar-refractivity contribution >= 4 is 23.5 Å². The Morgan fingerprint density at radius 3 is 2.27 bits per heavy atom. The maximum absolute atomic E-state index is 12.6. The molecule has 1 unspecified atom stereocenters. The third kappa shape index (κ3) is 5.86. The van der Waals surface area contributed by atoms with Crippen LogP contribution in [0.25, 0.3) is 0 Å². The number of hydrogen-bond donors (Lipinski definition) is 2. The van der Waals surface area contributed by atoms with Crippen LogP contribution in [0.5, 0.6) is 0 Å². The van der Waals surface area contributed by atoms with Crippen molar-refractivity contribution in [1.29, 1.82) is 0 Å². The molecular weight excluding hydrogens is 352 g/mol. The molecule has 0 bridgehead atoms. The molecule has 2 aromatic carbocycles. The number of nitrogens with zero attached hydrogens (tertiary/aromatic N) is 1. The highest BCUT2D eigenvalue weighted by molar-refractivity contribution is 6.30. The van der Waals surface area contributed by atoms with Gasteiger partial charge in [0.15, 0.2) is 0 Å². The highest BCUT2D eigenvalue weighted by Gasteiger charge is 2.21. The van der Waals surface area contributed by atoms with Crippen molar-refractivity contribution in [2.24, 2.45) is 0 Å². The van der Waals surface area contributed by atoms with Crippen molar-refractivity contribution < 1.29 is 14.7 Å². The van der Waals surface area contributed by atoms with Crippen LogP contribution < -0.4 is 5.32 Å². The molecule has 1 amide bonds. The van der Waals surface area contributed by atoms with Gasteiger partial charge in [-0.2, -0.15) is 0 Å². The molecule has 0 radical (unpaired) electrons. The van der Waals surface area contributed by atoms with E-state index in [4.69, 9.17) is 16.7 Å². The number of halogens is 1. The number of carbonyl (C=O) groups is 2. The third-order valence-electron chi connectivity index (χ3n) is 4.04. The van der Waals surface area contributed by atoms with Crippen molar-refractivity contribution in [3.8, 4) is 0 Å². The Kier molecular flexibility index (Phi) is 7.18. The van der Waals surface area contributed by atoms with Crippen LogP contribution in [0.2, 0.25) is 5.02 Å². The zero-order valence-electron chi connectivity index (χ0n) is 14.9. The minimum absolute atomic E-state index is 0.00780. The zero-order chi connectivity index (χ0) is 19.1. The first-order valence-electron chi connectivity index (χ1n) is 8.42. The van der Waals surface area contributed by atoms with E-state index in [1.165, 1.54) is 0 Å². The number of carboxylic acid groups (broad SMARTS) is 1. The molecule has 2 N–H and O–H groups in total. The molecule has 0 aromatic heterocycles. The molecule has 138 valence electrons. The summed E-state index contributed by atoms with van der Waals surface area (Å²) in [5.41, 5.74) is 1.80. The molecule has 0 aliphatic carbocycles. The highest BCUT2D eigenvalue weighted by atomic mass is 35.5. The molecule has 0 fully saturated rings. The molecule has 0 saturated carbocycles. The van der Waals surface area contributed by atoms with Gasteiger partial charge in [-0.05, 0) is 37.1 Å². The third-order valence-corrected chi connectivity index (χ3v) is 4.27. The lowest BCUT2D eigenvalue weighted by atomic mass is 9.98. The Labute approximate surface area is 158 Å². The first-order valence-corrected chi connectivity index (χ1v) is 8.80. The van der Waals surface area contributed by atoms with Crippen LogP contribution in [0.3, 0.4) is 0 Å².